The second kappa shape index (κ2) is 4.81. The second-order valence-corrected chi connectivity index (χ2v) is 5.09. The lowest BCUT2D eigenvalue weighted by Crippen LogP contribution is -2.21. The molecule has 1 heterocycles. The third kappa shape index (κ3) is 2.71. The second-order valence-electron chi connectivity index (χ2n) is 5.09. The van der Waals surface area contributed by atoms with Crippen LogP contribution in [-0.2, 0) is 0 Å². The quantitative estimate of drug-likeness (QED) is 0.845. The van der Waals surface area contributed by atoms with E-state index < -0.39 is 0 Å². The smallest absolute Gasteiger partial charge is 0.133 e. The summed E-state index contributed by atoms with van der Waals surface area (Å²) in [5, 5.41) is 3.43. The van der Waals surface area contributed by atoms with Gasteiger partial charge in [0.15, 0.2) is 0 Å². The van der Waals surface area contributed by atoms with Crippen LogP contribution in [0.4, 0.5) is 5.82 Å². The maximum Gasteiger partial charge on any atom is 0.133 e. The van der Waals surface area contributed by atoms with E-state index in [9.17, 15) is 0 Å². The van der Waals surface area contributed by atoms with Crippen LogP contribution >= 0.6 is 0 Å². The fraction of sp³-hybridized carbons (Fsp3) is 0.692. The van der Waals surface area contributed by atoms with Crippen LogP contribution in [0, 0.1) is 12.8 Å². The van der Waals surface area contributed by atoms with Crippen molar-refractivity contribution in [2.24, 2.45) is 5.92 Å². The molecule has 1 N–H and O–H groups in total. The molecule has 3 nitrogen and oxygen atoms in total. The Morgan fingerprint density at radius 1 is 1.38 bits per heavy atom. The third-order valence-electron chi connectivity index (χ3n) is 3.18. The Balaban J connectivity index is 2.01. The van der Waals surface area contributed by atoms with Gasteiger partial charge in [0, 0.05) is 24.2 Å². The SMILES string of the molecule is Cc1cc(NCC2CCC2)nc(C(C)C)n1. The number of anilines is 1. The minimum atomic E-state index is 0.393. The number of aromatic nitrogens is 2. The Hall–Kier alpha value is -1.12. The number of aryl methyl sites for hydroxylation is 1. The Labute approximate surface area is 97.7 Å². The van der Waals surface area contributed by atoms with Crippen LogP contribution in [-0.4, -0.2) is 16.5 Å². The molecule has 1 saturated carbocycles. The van der Waals surface area contributed by atoms with Crippen molar-refractivity contribution < 1.29 is 0 Å². The van der Waals surface area contributed by atoms with Gasteiger partial charge < -0.3 is 5.32 Å². The minimum absolute atomic E-state index is 0.393. The van der Waals surface area contributed by atoms with Crippen molar-refractivity contribution in [2.45, 2.75) is 46.0 Å². The monoisotopic (exact) mass is 219 g/mol. The van der Waals surface area contributed by atoms with Crippen LogP contribution < -0.4 is 5.32 Å². The van der Waals surface area contributed by atoms with Gasteiger partial charge in [-0.15, -0.1) is 0 Å². The normalized spacial score (nSPS) is 16.2. The van der Waals surface area contributed by atoms with Crippen LogP contribution in [0.2, 0.25) is 0 Å². The average Bonchev–Trinajstić information content (AvgIpc) is 2.14. The van der Waals surface area contributed by atoms with Gasteiger partial charge in [-0.3, -0.25) is 0 Å². The lowest BCUT2D eigenvalue weighted by atomic mass is 9.85. The van der Waals surface area contributed by atoms with E-state index in [2.05, 4.69) is 29.1 Å². The van der Waals surface area contributed by atoms with Gasteiger partial charge in [-0.1, -0.05) is 20.3 Å². The Bertz CT molecular complexity index is 356. The van der Waals surface area contributed by atoms with Crippen LogP contribution in [0.25, 0.3) is 0 Å². The Morgan fingerprint density at radius 2 is 2.12 bits per heavy atom. The molecule has 0 spiro atoms. The third-order valence-corrected chi connectivity index (χ3v) is 3.18. The van der Waals surface area contributed by atoms with Crippen molar-refractivity contribution in [1.82, 2.24) is 9.97 Å². The fourth-order valence-electron chi connectivity index (χ4n) is 1.89. The molecule has 0 aliphatic heterocycles. The van der Waals surface area contributed by atoms with Crippen molar-refractivity contribution in [1.29, 1.82) is 0 Å². The number of hydrogen-bond acceptors (Lipinski definition) is 3. The molecule has 0 atom stereocenters. The molecule has 1 aliphatic rings. The predicted molar refractivity (Wildman–Crippen MR) is 66.7 cm³/mol. The van der Waals surface area contributed by atoms with Crippen LogP contribution in [0.3, 0.4) is 0 Å². The van der Waals surface area contributed by atoms with Gasteiger partial charge in [-0.05, 0) is 25.7 Å². The summed E-state index contributed by atoms with van der Waals surface area (Å²) in [6, 6.07) is 2.03. The van der Waals surface area contributed by atoms with Gasteiger partial charge in [-0.2, -0.15) is 0 Å². The first-order valence-electron chi connectivity index (χ1n) is 6.24. The first kappa shape index (κ1) is 11.4. The lowest BCUT2D eigenvalue weighted by Gasteiger charge is -2.25. The summed E-state index contributed by atoms with van der Waals surface area (Å²) < 4.78 is 0. The molecule has 1 fully saturated rings. The molecule has 1 aromatic heterocycles. The lowest BCUT2D eigenvalue weighted by molar-refractivity contribution is 0.333. The number of nitrogens with one attached hydrogen (secondary N) is 1. The van der Waals surface area contributed by atoms with E-state index in [1.165, 1.54) is 19.3 Å². The van der Waals surface area contributed by atoms with E-state index in [-0.39, 0.29) is 0 Å². The molecule has 0 aromatic carbocycles. The van der Waals surface area contributed by atoms with Crippen LogP contribution in [0.5, 0.6) is 0 Å². The fourth-order valence-corrected chi connectivity index (χ4v) is 1.89. The predicted octanol–water partition coefficient (Wildman–Crippen LogP) is 3.12. The minimum Gasteiger partial charge on any atom is -0.370 e. The van der Waals surface area contributed by atoms with Gasteiger partial charge >= 0.3 is 0 Å². The number of nitrogens with zero attached hydrogens (tertiary/aromatic N) is 2. The van der Waals surface area contributed by atoms with E-state index in [1.54, 1.807) is 0 Å². The number of hydrogen-bond donors (Lipinski definition) is 1. The van der Waals surface area contributed by atoms with Crippen molar-refractivity contribution in [2.75, 3.05) is 11.9 Å². The standard InChI is InChI=1S/C13H21N3/c1-9(2)13-15-10(3)7-12(16-13)14-8-11-5-4-6-11/h7,9,11H,4-6,8H2,1-3H3,(H,14,15,16). The molecule has 1 aromatic rings. The zero-order chi connectivity index (χ0) is 11.5. The number of rotatable bonds is 4. The van der Waals surface area contributed by atoms with Crippen LogP contribution in [0.15, 0.2) is 6.07 Å². The molecule has 2 rings (SSSR count). The maximum absolute atomic E-state index is 4.54. The molecule has 16 heavy (non-hydrogen) atoms. The molecular weight excluding hydrogens is 198 g/mol. The summed E-state index contributed by atoms with van der Waals surface area (Å²) in [6.07, 6.45) is 4.13. The zero-order valence-electron chi connectivity index (χ0n) is 10.5. The molecule has 3 heteroatoms. The van der Waals surface area contributed by atoms with E-state index in [4.69, 9.17) is 0 Å². The molecule has 88 valence electrons. The van der Waals surface area contributed by atoms with Crippen LogP contribution in [0.1, 0.15) is 50.5 Å². The highest BCUT2D eigenvalue weighted by Crippen LogP contribution is 2.26. The van der Waals surface area contributed by atoms with Gasteiger partial charge in [0.1, 0.15) is 11.6 Å². The van der Waals surface area contributed by atoms with Gasteiger partial charge in [0.2, 0.25) is 0 Å². The van der Waals surface area contributed by atoms with Crippen molar-refractivity contribution in [3.8, 4) is 0 Å². The summed E-state index contributed by atoms with van der Waals surface area (Å²) in [6.45, 7) is 7.35. The summed E-state index contributed by atoms with van der Waals surface area (Å²) in [4.78, 5) is 8.98. The molecule has 1 aliphatic carbocycles. The summed E-state index contributed by atoms with van der Waals surface area (Å²) in [5.41, 5.74) is 1.05. The van der Waals surface area contributed by atoms with Gasteiger partial charge in [0.05, 0.1) is 0 Å². The molecular formula is C13H21N3. The first-order chi connectivity index (χ1) is 7.65. The zero-order valence-corrected chi connectivity index (χ0v) is 10.5. The highest BCUT2D eigenvalue weighted by Gasteiger charge is 2.17. The van der Waals surface area contributed by atoms with Gasteiger partial charge in [0.25, 0.3) is 0 Å². The molecule has 0 bridgehead atoms. The van der Waals surface area contributed by atoms with E-state index in [0.717, 1.165) is 29.8 Å². The largest absolute Gasteiger partial charge is 0.370 e. The van der Waals surface area contributed by atoms with Gasteiger partial charge in [-0.25, -0.2) is 9.97 Å². The molecule has 0 saturated heterocycles. The van der Waals surface area contributed by atoms with E-state index in [1.807, 2.05) is 13.0 Å². The summed E-state index contributed by atoms with van der Waals surface area (Å²) in [5.74, 6) is 3.18. The van der Waals surface area contributed by atoms with Crippen molar-refractivity contribution in [3.63, 3.8) is 0 Å². The average molecular weight is 219 g/mol. The van der Waals surface area contributed by atoms with Crippen molar-refractivity contribution >= 4 is 5.82 Å². The Morgan fingerprint density at radius 3 is 2.69 bits per heavy atom. The summed E-state index contributed by atoms with van der Waals surface area (Å²) >= 11 is 0. The van der Waals surface area contributed by atoms with E-state index in [0.29, 0.717) is 5.92 Å². The van der Waals surface area contributed by atoms with Crippen molar-refractivity contribution in [3.05, 3.63) is 17.6 Å². The topological polar surface area (TPSA) is 37.8 Å². The Kier molecular flexibility index (Phi) is 3.42. The summed E-state index contributed by atoms with van der Waals surface area (Å²) in [7, 11) is 0. The molecule has 0 unspecified atom stereocenters. The highest BCUT2D eigenvalue weighted by molar-refractivity contribution is 5.36. The van der Waals surface area contributed by atoms with E-state index >= 15 is 0 Å². The first-order valence-corrected chi connectivity index (χ1v) is 6.24. The molecule has 0 amide bonds. The maximum atomic E-state index is 4.54. The highest BCUT2D eigenvalue weighted by atomic mass is 15.0. The molecule has 0 radical (unpaired) electrons.